The fourth-order valence-corrected chi connectivity index (χ4v) is 3.68. The minimum Gasteiger partial charge on any atom is -0.462 e. The van der Waals surface area contributed by atoms with Crippen molar-refractivity contribution in [2.75, 3.05) is 6.61 Å². The summed E-state index contributed by atoms with van der Waals surface area (Å²) < 4.78 is 5.19. The Morgan fingerprint density at radius 2 is 2.24 bits per heavy atom. The van der Waals surface area contributed by atoms with Crippen LogP contribution in [0.2, 0.25) is 0 Å². The lowest BCUT2D eigenvalue weighted by atomic mass is 9.91. The Hall–Kier alpha value is -1.68. The number of esters is 1. The number of aromatic nitrogens is 1. The maximum absolute atomic E-state index is 12.2. The quantitative estimate of drug-likeness (QED) is 0.797. The molecule has 0 aliphatic heterocycles. The van der Waals surface area contributed by atoms with Crippen LogP contribution in [0.25, 0.3) is 11.3 Å². The molecule has 21 heavy (non-hydrogen) atoms. The van der Waals surface area contributed by atoms with Crippen LogP contribution in [0.1, 0.15) is 53.2 Å². The van der Waals surface area contributed by atoms with Gasteiger partial charge in [-0.25, -0.2) is 4.79 Å². The molecular weight excluding hydrogens is 282 g/mol. The van der Waals surface area contributed by atoms with Gasteiger partial charge >= 0.3 is 5.97 Å². The molecular formula is C17H19NO2S. The van der Waals surface area contributed by atoms with Crippen molar-refractivity contribution in [2.45, 2.75) is 39.5 Å². The van der Waals surface area contributed by atoms with Crippen molar-refractivity contribution in [3.8, 4) is 11.3 Å². The second-order valence-electron chi connectivity index (χ2n) is 5.56. The molecule has 0 aromatic carbocycles. The summed E-state index contributed by atoms with van der Waals surface area (Å²) in [6.45, 7) is 6.35. The predicted molar refractivity (Wildman–Crippen MR) is 85.0 cm³/mol. The standard InChI is InChI=1S/C17H19NO2S/c1-4-20-17(19)13-9-11-5-6-14-12(7-8-21-14)16(11)18-15(13)10(2)3/h7-10H,4-6H2,1-3H3. The Morgan fingerprint density at radius 1 is 1.43 bits per heavy atom. The number of thiophene rings is 1. The van der Waals surface area contributed by atoms with Crippen LogP contribution in [0.5, 0.6) is 0 Å². The van der Waals surface area contributed by atoms with Gasteiger partial charge in [-0.2, -0.15) is 0 Å². The molecule has 2 aromatic rings. The number of hydrogen-bond donors (Lipinski definition) is 0. The van der Waals surface area contributed by atoms with Crippen LogP contribution in [-0.4, -0.2) is 17.6 Å². The van der Waals surface area contributed by atoms with Crippen LogP contribution < -0.4 is 0 Å². The average molecular weight is 301 g/mol. The monoisotopic (exact) mass is 301 g/mol. The van der Waals surface area contributed by atoms with Crippen LogP contribution in [0.3, 0.4) is 0 Å². The van der Waals surface area contributed by atoms with E-state index < -0.39 is 0 Å². The summed E-state index contributed by atoms with van der Waals surface area (Å²) in [4.78, 5) is 18.4. The van der Waals surface area contributed by atoms with Gasteiger partial charge in [0.15, 0.2) is 0 Å². The van der Waals surface area contributed by atoms with Crippen LogP contribution >= 0.6 is 11.3 Å². The summed E-state index contributed by atoms with van der Waals surface area (Å²) in [7, 11) is 0. The number of fused-ring (bicyclic) bond motifs is 3. The maximum atomic E-state index is 12.2. The Balaban J connectivity index is 2.15. The number of pyridine rings is 1. The van der Waals surface area contributed by atoms with E-state index in [1.165, 1.54) is 10.4 Å². The molecule has 0 spiro atoms. The molecule has 2 aromatic heterocycles. The van der Waals surface area contributed by atoms with Gasteiger partial charge in [-0.15, -0.1) is 11.3 Å². The van der Waals surface area contributed by atoms with Crippen LogP contribution in [0.15, 0.2) is 17.5 Å². The number of ether oxygens (including phenoxy) is 1. The molecule has 0 N–H and O–H groups in total. The highest BCUT2D eigenvalue weighted by atomic mass is 32.1. The fourth-order valence-electron chi connectivity index (χ4n) is 2.80. The van der Waals surface area contributed by atoms with Crippen LogP contribution in [0, 0.1) is 0 Å². The van der Waals surface area contributed by atoms with Crippen LogP contribution in [-0.2, 0) is 17.6 Å². The van der Waals surface area contributed by atoms with Crippen molar-refractivity contribution in [1.29, 1.82) is 0 Å². The summed E-state index contributed by atoms with van der Waals surface area (Å²) in [5, 5.41) is 2.12. The average Bonchev–Trinajstić information content (AvgIpc) is 2.94. The summed E-state index contributed by atoms with van der Waals surface area (Å²) in [5.74, 6) is -0.0636. The molecule has 0 atom stereocenters. The smallest absolute Gasteiger partial charge is 0.339 e. The summed E-state index contributed by atoms with van der Waals surface area (Å²) >= 11 is 1.79. The van der Waals surface area contributed by atoms with Gasteiger partial charge in [0.1, 0.15) is 0 Å². The van der Waals surface area contributed by atoms with Gasteiger partial charge < -0.3 is 4.74 Å². The van der Waals surface area contributed by atoms with E-state index in [1.54, 1.807) is 11.3 Å². The van der Waals surface area contributed by atoms with Crippen molar-refractivity contribution in [1.82, 2.24) is 4.98 Å². The van der Waals surface area contributed by atoms with Crippen LogP contribution in [0.4, 0.5) is 0 Å². The van der Waals surface area contributed by atoms with Crippen molar-refractivity contribution >= 4 is 17.3 Å². The third-order valence-electron chi connectivity index (χ3n) is 3.80. The zero-order chi connectivity index (χ0) is 15.0. The Morgan fingerprint density at radius 3 is 2.95 bits per heavy atom. The molecule has 0 saturated carbocycles. The first-order valence-electron chi connectivity index (χ1n) is 7.39. The molecule has 0 radical (unpaired) electrons. The largest absolute Gasteiger partial charge is 0.462 e. The number of aryl methyl sites for hydroxylation is 2. The van der Waals surface area contributed by atoms with Gasteiger partial charge in [0.05, 0.1) is 23.6 Å². The molecule has 0 bridgehead atoms. The molecule has 1 aliphatic carbocycles. The van der Waals surface area contributed by atoms with Gasteiger partial charge in [0.2, 0.25) is 0 Å². The molecule has 4 heteroatoms. The SMILES string of the molecule is CCOC(=O)c1cc2c(nc1C(C)C)-c1ccsc1CC2. The number of hydrogen-bond acceptors (Lipinski definition) is 4. The highest BCUT2D eigenvalue weighted by molar-refractivity contribution is 7.10. The third-order valence-corrected chi connectivity index (χ3v) is 4.78. The lowest BCUT2D eigenvalue weighted by molar-refractivity contribution is 0.0524. The van der Waals surface area contributed by atoms with E-state index in [2.05, 4.69) is 25.3 Å². The van der Waals surface area contributed by atoms with E-state index in [9.17, 15) is 4.79 Å². The normalized spacial score (nSPS) is 13.0. The second-order valence-corrected chi connectivity index (χ2v) is 6.56. The molecule has 0 saturated heterocycles. The topological polar surface area (TPSA) is 39.2 Å². The molecule has 0 fully saturated rings. The van der Waals surface area contributed by atoms with E-state index in [4.69, 9.17) is 9.72 Å². The lowest BCUT2D eigenvalue weighted by Gasteiger charge is -2.20. The highest BCUT2D eigenvalue weighted by Gasteiger charge is 2.24. The molecule has 2 heterocycles. The Bertz CT molecular complexity index is 688. The van der Waals surface area contributed by atoms with Crippen molar-refractivity contribution < 1.29 is 9.53 Å². The number of carbonyl (C=O) groups excluding carboxylic acids is 1. The molecule has 1 aliphatic rings. The lowest BCUT2D eigenvalue weighted by Crippen LogP contribution is -2.14. The highest BCUT2D eigenvalue weighted by Crippen LogP contribution is 2.37. The first-order chi connectivity index (χ1) is 10.1. The number of carbonyl (C=O) groups is 1. The maximum Gasteiger partial charge on any atom is 0.339 e. The Kier molecular flexibility index (Phi) is 3.81. The minimum absolute atomic E-state index is 0.193. The van der Waals surface area contributed by atoms with Gasteiger partial charge in [-0.05, 0) is 48.8 Å². The Labute approximate surface area is 129 Å². The van der Waals surface area contributed by atoms with E-state index in [0.717, 1.165) is 29.8 Å². The van der Waals surface area contributed by atoms with Gasteiger partial charge in [-0.3, -0.25) is 4.98 Å². The molecule has 110 valence electrons. The van der Waals surface area contributed by atoms with E-state index >= 15 is 0 Å². The summed E-state index contributed by atoms with van der Waals surface area (Å²) in [6.07, 6.45) is 1.98. The molecule has 3 nitrogen and oxygen atoms in total. The second kappa shape index (κ2) is 5.60. The molecule has 0 unspecified atom stereocenters. The predicted octanol–water partition coefficient (Wildman–Crippen LogP) is 4.21. The van der Waals surface area contributed by atoms with E-state index in [1.807, 2.05) is 13.0 Å². The van der Waals surface area contributed by atoms with Gasteiger partial charge in [-0.1, -0.05) is 13.8 Å². The minimum atomic E-state index is -0.257. The van der Waals surface area contributed by atoms with E-state index in [-0.39, 0.29) is 11.9 Å². The van der Waals surface area contributed by atoms with Crippen molar-refractivity contribution in [3.63, 3.8) is 0 Å². The summed E-state index contributed by atoms with van der Waals surface area (Å²) in [5.41, 5.74) is 4.91. The fraction of sp³-hybridized carbons (Fsp3) is 0.412. The molecule has 3 rings (SSSR count). The van der Waals surface area contributed by atoms with Crippen molar-refractivity contribution in [2.24, 2.45) is 0 Å². The molecule has 0 amide bonds. The zero-order valence-corrected chi connectivity index (χ0v) is 13.4. The summed E-state index contributed by atoms with van der Waals surface area (Å²) in [6, 6.07) is 4.13. The van der Waals surface area contributed by atoms with Gasteiger partial charge in [0, 0.05) is 10.4 Å². The third kappa shape index (κ3) is 2.48. The number of rotatable bonds is 3. The van der Waals surface area contributed by atoms with E-state index in [0.29, 0.717) is 12.2 Å². The first-order valence-corrected chi connectivity index (χ1v) is 8.27. The zero-order valence-electron chi connectivity index (χ0n) is 12.6. The first kappa shape index (κ1) is 14.3. The van der Waals surface area contributed by atoms with Gasteiger partial charge in [0.25, 0.3) is 0 Å². The van der Waals surface area contributed by atoms with Crippen molar-refractivity contribution in [3.05, 3.63) is 39.2 Å². The number of nitrogens with zero attached hydrogens (tertiary/aromatic N) is 1.